The third kappa shape index (κ3) is 1.73. The molecular formula is C11H17NO2. The first kappa shape index (κ1) is 11.0. The molecule has 1 aromatic rings. The second kappa shape index (κ2) is 4.42. The van der Waals surface area contributed by atoms with Gasteiger partial charge in [0.1, 0.15) is 0 Å². The van der Waals surface area contributed by atoms with Crippen LogP contribution in [0.4, 0.5) is 0 Å². The van der Waals surface area contributed by atoms with Crippen LogP contribution in [0.1, 0.15) is 27.3 Å². The molecule has 3 heteroatoms. The SMILES string of the molecule is COCCn1c(C)c(C)c(C=O)c1C. The van der Waals surface area contributed by atoms with Gasteiger partial charge in [-0.1, -0.05) is 0 Å². The Morgan fingerprint density at radius 2 is 1.93 bits per heavy atom. The maximum atomic E-state index is 10.8. The standard InChI is InChI=1S/C11H17NO2/c1-8-9(2)12(5-6-14-4)10(3)11(8)7-13/h7H,5-6H2,1-4H3. The van der Waals surface area contributed by atoms with E-state index in [9.17, 15) is 4.79 Å². The fourth-order valence-corrected chi connectivity index (χ4v) is 1.76. The van der Waals surface area contributed by atoms with E-state index in [1.165, 1.54) is 0 Å². The molecule has 0 N–H and O–H groups in total. The fourth-order valence-electron chi connectivity index (χ4n) is 1.76. The Hall–Kier alpha value is -1.09. The van der Waals surface area contributed by atoms with Gasteiger partial charge < -0.3 is 9.30 Å². The zero-order valence-corrected chi connectivity index (χ0v) is 9.26. The monoisotopic (exact) mass is 195 g/mol. The van der Waals surface area contributed by atoms with Crippen molar-refractivity contribution in [2.24, 2.45) is 0 Å². The fraction of sp³-hybridized carbons (Fsp3) is 0.545. The number of aromatic nitrogens is 1. The van der Waals surface area contributed by atoms with Gasteiger partial charge in [0.25, 0.3) is 0 Å². The van der Waals surface area contributed by atoms with Gasteiger partial charge in [0, 0.05) is 30.6 Å². The Morgan fingerprint density at radius 1 is 1.29 bits per heavy atom. The lowest BCUT2D eigenvalue weighted by Crippen LogP contribution is -2.07. The van der Waals surface area contributed by atoms with Crippen LogP contribution in [0.15, 0.2) is 0 Å². The molecule has 0 atom stereocenters. The quantitative estimate of drug-likeness (QED) is 0.687. The summed E-state index contributed by atoms with van der Waals surface area (Å²) in [7, 11) is 1.68. The number of nitrogens with zero attached hydrogens (tertiary/aromatic N) is 1. The van der Waals surface area contributed by atoms with Crippen molar-refractivity contribution >= 4 is 6.29 Å². The lowest BCUT2D eigenvalue weighted by atomic mass is 10.1. The predicted molar refractivity (Wildman–Crippen MR) is 55.9 cm³/mol. The van der Waals surface area contributed by atoms with Gasteiger partial charge in [-0.3, -0.25) is 4.79 Å². The van der Waals surface area contributed by atoms with Crippen LogP contribution in [0.5, 0.6) is 0 Å². The molecule has 0 fully saturated rings. The highest BCUT2D eigenvalue weighted by Crippen LogP contribution is 2.19. The smallest absolute Gasteiger partial charge is 0.152 e. The number of rotatable bonds is 4. The molecule has 0 saturated heterocycles. The molecule has 0 unspecified atom stereocenters. The van der Waals surface area contributed by atoms with E-state index in [0.717, 1.165) is 35.3 Å². The molecule has 0 radical (unpaired) electrons. The summed E-state index contributed by atoms with van der Waals surface area (Å²) in [6.07, 6.45) is 0.932. The third-order valence-electron chi connectivity index (χ3n) is 2.78. The summed E-state index contributed by atoms with van der Waals surface area (Å²) in [5.41, 5.74) is 4.08. The second-order valence-corrected chi connectivity index (χ2v) is 3.47. The Labute approximate surface area is 84.7 Å². The number of methoxy groups -OCH3 is 1. The van der Waals surface area contributed by atoms with Crippen molar-refractivity contribution in [3.8, 4) is 0 Å². The van der Waals surface area contributed by atoms with Crippen LogP contribution in [0.2, 0.25) is 0 Å². The van der Waals surface area contributed by atoms with Gasteiger partial charge in [-0.25, -0.2) is 0 Å². The normalized spacial score (nSPS) is 10.6. The molecule has 0 spiro atoms. The first-order valence-corrected chi connectivity index (χ1v) is 4.73. The molecule has 0 aromatic carbocycles. The van der Waals surface area contributed by atoms with E-state index in [1.54, 1.807) is 7.11 Å². The highest BCUT2D eigenvalue weighted by Gasteiger charge is 2.12. The zero-order chi connectivity index (χ0) is 10.7. The summed E-state index contributed by atoms with van der Waals surface area (Å²) in [5, 5.41) is 0. The van der Waals surface area contributed by atoms with Gasteiger partial charge in [-0.15, -0.1) is 0 Å². The summed E-state index contributed by atoms with van der Waals surface area (Å²) in [5.74, 6) is 0. The van der Waals surface area contributed by atoms with E-state index >= 15 is 0 Å². The van der Waals surface area contributed by atoms with Crippen LogP contribution in [0.25, 0.3) is 0 Å². The van der Waals surface area contributed by atoms with Crippen LogP contribution in [-0.2, 0) is 11.3 Å². The molecule has 0 aliphatic rings. The number of carbonyl (C=O) groups excluding carboxylic acids is 1. The molecule has 0 aliphatic heterocycles. The van der Waals surface area contributed by atoms with Gasteiger partial charge in [0.15, 0.2) is 6.29 Å². The number of hydrogen-bond donors (Lipinski definition) is 0. The van der Waals surface area contributed by atoms with Gasteiger partial charge in [0.2, 0.25) is 0 Å². The number of carbonyl (C=O) groups is 1. The van der Waals surface area contributed by atoms with Crippen molar-refractivity contribution in [3.63, 3.8) is 0 Å². The lowest BCUT2D eigenvalue weighted by molar-refractivity contribution is 0.112. The molecule has 1 rings (SSSR count). The Morgan fingerprint density at radius 3 is 2.36 bits per heavy atom. The molecule has 14 heavy (non-hydrogen) atoms. The lowest BCUT2D eigenvalue weighted by Gasteiger charge is -2.08. The molecule has 1 heterocycles. The average molecular weight is 195 g/mol. The molecule has 0 bridgehead atoms. The maximum Gasteiger partial charge on any atom is 0.152 e. The number of hydrogen-bond acceptors (Lipinski definition) is 2. The molecule has 0 aliphatic carbocycles. The van der Waals surface area contributed by atoms with E-state index in [2.05, 4.69) is 4.57 Å². The average Bonchev–Trinajstić information content (AvgIpc) is 2.37. The minimum Gasteiger partial charge on any atom is -0.383 e. The van der Waals surface area contributed by atoms with Gasteiger partial charge >= 0.3 is 0 Å². The van der Waals surface area contributed by atoms with Crippen LogP contribution in [0, 0.1) is 20.8 Å². The van der Waals surface area contributed by atoms with Crippen molar-refractivity contribution < 1.29 is 9.53 Å². The molecule has 1 aromatic heterocycles. The Kier molecular flexibility index (Phi) is 3.47. The van der Waals surface area contributed by atoms with Gasteiger partial charge in [-0.2, -0.15) is 0 Å². The minimum absolute atomic E-state index is 0.675. The van der Waals surface area contributed by atoms with Gasteiger partial charge in [-0.05, 0) is 26.3 Å². The van der Waals surface area contributed by atoms with Crippen molar-refractivity contribution in [1.82, 2.24) is 4.57 Å². The Balaban J connectivity index is 3.10. The van der Waals surface area contributed by atoms with E-state index in [4.69, 9.17) is 4.74 Å². The maximum absolute atomic E-state index is 10.8. The van der Waals surface area contributed by atoms with Crippen molar-refractivity contribution in [1.29, 1.82) is 0 Å². The van der Waals surface area contributed by atoms with Gasteiger partial charge in [0.05, 0.1) is 6.61 Å². The third-order valence-corrected chi connectivity index (χ3v) is 2.78. The summed E-state index contributed by atoms with van der Waals surface area (Å²) in [6.45, 7) is 7.47. The Bertz CT molecular complexity index is 340. The predicted octanol–water partition coefficient (Wildman–Crippen LogP) is 1.87. The van der Waals surface area contributed by atoms with Crippen molar-refractivity contribution in [2.75, 3.05) is 13.7 Å². The summed E-state index contributed by atoms with van der Waals surface area (Å²) in [4.78, 5) is 10.8. The molecule has 78 valence electrons. The number of aldehydes is 1. The summed E-state index contributed by atoms with van der Waals surface area (Å²) >= 11 is 0. The van der Waals surface area contributed by atoms with E-state index in [-0.39, 0.29) is 0 Å². The van der Waals surface area contributed by atoms with Crippen LogP contribution < -0.4 is 0 Å². The highest BCUT2D eigenvalue weighted by molar-refractivity contribution is 5.79. The van der Waals surface area contributed by atoms with Crippen LogP contribution in [0.3, 0.4) is 0 Å². The summed E-state index contributed by atoms with van der Waals surface area (Å²) in [6, 6.07) is 0. The van der Waals surface area contributed by atoms with Crippen LogP contribution in [-0.4, -0.2) is 24.6 Å². The van der Waals surface area contributed by atoms with E-state index < -0.39 is 0 Å². The molecule has 3 nitrogen and oxygen atoms in total. The van der Waals surface area contributed by atoms with Crippen molar-refractivity contribution in [3.05, 3.63) is 22.5 Å². The first-order valence-electron chi connectivity index (χ1n) is 4.73. The van der Waals surface area contributed by atoms with Crippen LogP contribution >= 0.6 is 0 Å². The minimum atomic E-state index is 0.675. The largest absolute Gasteiger partial charge is 0.383 e. The number of ether oxygens (including phenoxy) is 1. The molecular weight excluding hydrogens is 178 g/mol. The molecule has 0 saturated carbocycles. The van der Waals surface area contributed by atoms with E-state index in [1.807, 2.05) is 20.8 Å². The zero-order valence-electron chi connectivity index (χ0n) is 9.26. The summed E-state index contributed by atoms with van der Waals surface area (Å²) < 4.78 is 7.16. The van der Waals surface area contributed by atoms with Crippen molar-refractivity contribution in [2.45, 2.75) is 27.3 Å². The molecule has 0 amide bonds. The second-order valence-electron chi connectivity index (χ2n) is 3.47. The first-order chi connectivity index (χ1) is 6.63. The highest BCUT2D eigenvalue weighted by atomic mass is 16.5. The van der Waals surface area contributed by atoms with E-state index in [0.29, 0.717) is 6.61 Å². The topological polar surface area (TPSA) is 31.2 Å².